The third-order valence-corrected chi connectivity index (χ3v) is 4.24. The van der Waals surface area contributed by atoms with Crippen molar-refractivity contribution < 1.29 is 26.3 Å². The minimum atomic E-state index is -4.61. The molecule has 0 aliphatic rings. The lowest BCUT2D eigenvalue weighted by atomic mass is 10.2. The molecule has 29 heavy (non-hydrogen) atoms. The quantitative estimate of drug-likeness (QED) is 0.434. The van der Waals surface area contributed by atoms with Gasteiger partial charge >= 0.3 is 18.0 Å². The summed E-state index contributed by atoms with van der Waals surface area (Å²) in [5, 5.41) is -0.372. The normalized spacial score (nSPS) is 12.2. The van der Waals surface area contributed by atoms with Crippen molar-refractivity contribution in [2.75, 3.05) is 0 Å². The number of benzene rings is 2. The van der Waals surface area contributed by atoms with Crippen molar-refractivity contribution in [3.05, 3.63) is 91.7 Å². The van der Waals surface area contributed by atoms with Gasteiger partial charge in [-0.2, -0.15) is 26.3 Å². The molecule has 0 atom stereocenters. The molecule has 0 bridgehead atoms. The van der Waals surface area contributed by atoms with Crippen LogP contribution in [0.1, 0.15) is 11.1 Å². The van der Waals surface area contributed by atoms with Crippen LogP contribution in [0.25, 0.3) is 11.4 Å². The van der Waals surface area contributed by atoms with E-state index >= 15 is 0 Å². The van der Waals surface area contributed by atoms with Gasteiger partial charge in [0.25, 0.3) is 5.56 Å². The van der Waals surface area contributed by atoms with Gasteiger partial charge in [0.1, 0.15) is 5.15 Å². The maximum Gasteiger partial charge on any atom is 0.416 e. The summed E-state index contributed by atoms with van der Waals surface area (Å²) < 4.78 is 77.6. The SMILES string of the molecule is O=c1cc(Cl)n(-c2ccc(C(F)(F)F)cc2)c(=O)n1-c1ccc(C(F)(F)F)cc1. The zero-order valence-electron chi connectivity index (χ0n) is 14.1. The van der Waals surface area contributed by atoms with E-state index in [2.05, 4.69) is 0 Å². The molecule has 0 saturated carbocycles. The fourth-order valence-corrected chi connectivity index (χ4v) is 2.85. The van der Waals surface area contributed by atoms with Gasteiger partial charge in [-0.3, -0.25) is 9.36 Å². The number of nitrogens with zero attached hydrogens (tertiary/aromatic N) is 2. The first kappa shape index (κ1) is 20.7. The number of halogens is 7. The molecule has 0 amide bonds. The summed E-state index contributed by atoms with van der Waals surface area (Å²) in [6.45, 7) is 0. The minimum Gasteiger partial charge on any atom is -0.269 e. The zero-order chi connectivity index (χ0) is 21.6. The fourth-order valence-electron chi connectivity index (χ4n) is 2.59. The fraction of sp³-hybridized carbons (Fsp3) is 0.111. The third-order valence-electron chi connectivity index (χ3n) is 3.96. The van der Waals surface area contributed by atoms with Gasteiger partial charge in [0, 0.05) is 6.07 Å². The Hall–Kier alpha value is -3.01. The molecule has 0 unspecified atom stereocenters. The Kier molecular flexibility index (Phi) is 5.08. The van der Waals surface area contributed by atoms with E-state index in [-0.39, 0.29) is 16.5 Å². The first-order valence-corrected chi connectivity index (χ1v) is 8.17. The van der Waals surface area contributed by atoms with Crippen LogP contribution in [0.15, 0.2) is 64.2 Å². The molecule has 0 aliphatic heterocycles. The van der Waals surface area contributed by atoms with Crippen molar-refractivity contribution in [2.45, 2.75) is 12.4 Å². The van der Waals surface area contributed by atoms with Crippen LogP contribution in [0.3, 0.4) is 0 Å². The van der Waals surface area contributed by atoms with Crippen molar-refractivity contribution in [2.24, 2.45) is 0 Å². The van der Waals surface area contributed by atoms with Crippen molar-refractivity contribution in [3.8, 4) is 11.4 Å². The summed E-state index contributed by atoms with van der Waals surface area (Å²) in [6, 6.07) is 7.49. The van der Waals surface area contributed by atoms with E-state index in [1.165, 1.54) is 0 Å². The van der Waals surface area contributed by atoms with Gasteiger partial charge in [0.15, 0.2) is 0 Å². The Morgan fingerprint density at radius 2 is 1.03 bits per heavy atom. The van der Waals surface area contributed by atoms with Crippen LogP contribution in [-0.4, -0.2) is 9.13 Å². The molecule has 1 aromatic heterocycles. The highest BCUT2D eigenvalue weighted by atomic mass is 35.5. The first-order chi connectivity index (χ1) is 13.4. The number of aromatic nitrogens is 2. The Morgan fingerprint density at radius 1 is 0.655 bits per heavy atom. The number of hydrogen-bond acceptors (Lipinski definition) is 2. The third kappa shape index (κ3) is 4.07. The topological polar surface area (TPSA) is 44.0 Å². The summed E-state index contributed by atoms with van der Waals surface area (Å²) in [4.78, 5) is 25.0. The van der Waals surface area contributed by atoms with Gasteiger partial charge in [0.05, 0.1) is 22.5 Å². The average Bonchev–Trinajstić information content (AvgIpc) is 2.60. The van der Waals surface area contributed by atoms with Crippen molar-refractivity contribution in [1.29, 1.82) is 0 Å². The number of hydrogen-bond donors (Lipinski definition) is 0. The first-order valence-electron chi connectivity index (χ1n) is 7.79. The van der Waals surface area contributed by atoms with Crippen LogP contribution in [0.5, 0.6) is 0 Å². The molecule has 152 valence electrons. The van der Waals surface area contributed by atoms with Gasteiger partial charge < -0.3 is 0 Å². The average molecular weight is 435 g/mol. The van der Waals surface area contributed by atoms with Gasteiger partial charge in [0.2, 0.25) is 0 Å². The molecule has 0 aliphatic carbocycles. The van der Waals surface area contributed by atoms with E-state index < -0.39 is 34.7 Å². The Balaban J connectivity index is 2.15. The molecular weight excluding hydrogens is 426 g/mol. The monoisotopic (exact) mass is 434 g/mol. The smallest absolute Gasteiger partial charge is 0.269 e. The summed E-state index contributed by atoms with van der Waals surface area (Å²) in [7, 11) is 0. The molecule has 0 fully saturated rings. The van der Waals surface area contributed by atoms with E-state index in [0.29, 0.717) is 16.7 Å². The highest BCUT2D eigenvalue weighted by Crippen LogP contribution is 2.30. The Morgan fingerprint density at radius 3 is 1.41 bits per heavy atom. The molecule has 0 saturated heterocycles. The number of alkyl halides is 6. The second kappa shape index (κ2) is 7.11. The van der Waals surface area contributed by atoms with Gasteiger partial charge in [-0.1, -0.05) is 11.6 Å². The van der Waals surface area contributed by atoms with E-state index in [4.69, 9.17) is 11.6 Å². The van der Waals surface area contributed by atoms with E-state index in [1.807, 2.05) is 0 Å². The standard InChI is InChI=1S/C18H9ClF6N2O2/c19-14-9-15(28)27(13-7-3-11(4-8-13)18(23,24)25)16(29)26(14)12-5-1-10(2-6-12)17(20,21)22/h1-9H. The van der Waals surface area contributed by atoms with E-state index in [9.17, 15) is 35.9 Å². The molecule has 3 rings (SSSR count). The lowest BCUT2D eigenvalue weighted by Gasteiger charge is -2.14. The molecule has 3 aromatic rings. The summed E-state index contributed by atoms with van der Waals surface area (Å²) in [5.74, 6) is 0. The molecule has 0 N–H and O–H groups in total. The second-order valence-corrected chi connectivity index (χ2v) is 6.24. The van der Waals surface area contributed by atoms with E-state index in [0.717, 1.165) is 47.0 Å². The maximum absolute atomic E-state index is 12.8. The maximum atomic E-state index is 12.8. The molecule has 4 nitrogen and oxygen atoms in total. The highest BCUT2D eigenvalue weighted by Gasteiger charge is 2.31. The largest absolute Gasteiger partial charge is 0.416 e. The lowest BCUT2D eigenvalue weighted by molar-refractivity contribution is -0.138. The predicted octanol–water partition coefficient (Wildman–Crippen LogP) is 4.68. The summed E-state index contributed by atoms with van der Waals surface area (Å²) in [6.07, 6.45) is -9.20. The molecule has 2 aromatic carbocycles. The number of rotatable bonds is 2. The minimum absolute atomic E-state index is 0.0614. The lowest BCUT2D eigenvalue weighted by Crippen LogP contribution is -2.38. The molecule has 11 heteroatoms. The van der Waals surface area contributed by atoms with Crippen molar-refractivity contribution in [1.82, 2.24) is 9.13 Å². The van der Waals surface area contributed by atoms with Gasteiger partial charge in [-0.15, -0.1) is 0 Å². The zero-order valence-corrected chi connectivity index (χ0v) is 14.8. The summed E-state index contributed by atoms with van der Waals surface area (Å²) in [5.41, 5.74) is -4.13. The highest BCUT2D eigenvalue weighted by molar-refractivity contribution is 6.29. The van der Waals surface area contributed by atoms with Crippen LogP contribution in [0.4, 0.5) is 26.3 Å². The van der Waals surface area contributed by atoms with Crippen LogP contribution in [0, 0.1) is 0 Å². The molecule has 0 radical (unpaired) electrons. The van der Waals surface area contributed by atoms with E-state index in [1.54, 1.807) is 0 Å². The molecule has 1 heterocycles. The van der Waals surface area contributed by atoms with Gasteiger partial charge in [-0.05, 0) is 48.5 Å². The van der Waals surface area contributed by atoms with Crippen LogP contribution < -0.4 is 11.2 Å². The predicted molar refractivity (Wildman–Crippen MR) is 92.7 cm³/mol. The van der Waals surface area contributed by atoms with Crippen LogP contribution >= 0.6 is 11.6 Å². The molecule has 0 spiro atoms. The second-order valence-electron chi connectivity index (χ2n) is 5.85. The van der Waals surface area contributed by atoms with Crippen LogP contribution in [0.2, 0.25) is 5.15 Å². The van der Waals surface area contributed by atoms with Gasteiger partial charge in [-0.25, -0.2) is 9.36 Å². The molecular formula is C18H9ClF6N2O2. The van der Waals surface area contributed by atoms with Crippen molar-refractivity contribution >= 4 is 11.6 Å². The van der Waals surface area contributed by atoms with Crippen molar-refractivity contribution in [3.63, 3.8) is 0 Å². The van der Waals surface area contributed by atoms with Crippen LogP contribution in [-0.2, 0) is 12.4 Å². The summed E-state index contributed by atoms with van der Waals surface area (Å²) >= 11 is 5.92. The Labute approximate surface area is 163 Å². The Bertz CT molecular complexity index is 1160.